The van der Waals surface area contributed by atoms with Gasteiger partial charge in [-0.1, -0.05) is 11.6 Å². The fourth-order valence-electron chi connectivity index (χ4n) is 3.09. The Morgan fingerprint density at radius 1 is 1.27 bits per heavy atom. The fraction of sp³-hybridized carbons (Fsp3) is 0.333. The Bertz CT molecular complexity index is 1030. The number of thiazole rings is 1. The maximum atomic E-state index is 13.0. The minimum atomic E-state index is -0.295. The number of hydrogen-bond acceptors (Lipinski definition) is 7. The van der Waals surface area contributed by atoms with Crippen LogP contribution in [0.1, 0.15) is 41.1 Å². The van der Waals surface area contributed by atoms with E-state index in [4.69, 9.17) is 21.1 Å². The number of aryl methyl sites for hydroxylation is 1. The lowest BCUT2D eigenvalue weighted by atomic mass is 10.1. The van der Waals surface area contributed by atoms with Crippen LogP contribution in [0.4, 0.5) is 0 Å². The van der Waals surface area contributed by atoms with E-state index in [2.05, 4.69) is 20.3 Å². The van der Waals surface area contributed by atoms with E-state index in [0.29, 0.717) is 34.6 Å². The number of carbonyl (C=O) groups is 1. The van der Waals surface area contributed by atoms with Gasteiger partial charge in [0.05, 0.1) is 43.0 Å². The van der Waals surface area contributed by atoms with Crippen LogP contribution in [0.25, 0.3) is 10.6 Å². The van der Waals surface area contributed by atoms with Crippen molar-refractivity contribution in [2.24, 2.45) is 0 Å². The van der Waals surface area contributed by atoms with Crippen LogP contribution in [0.3, 0.4) is 0 Å². The van der Waals surface area contributed by atoms with Gasteiger partial charge in [-0.2, -0.15) is 0 Å². The van der Waals surface area contributed by atoms with Crippen molar-refractivity contribution in [1.29, 1.82) is 0 Å². The Kier molecular flexibility index (Phi) is 6.26. The van der Waals surface area contributed by atoms with Crippen molar-refractivity contribution < 1.29 is 14.3 Å². The highest BCUT2D eigenvalue weighted by atomic mass is 35.5. The molecular weight excluding hydrogens is 424 g/mol. The van der Waals surface area contributed by atoms with Gasteiger partial charge in [0.15, 0.2) is 0 Å². The molecular formula is C21H21ClN4O3S. The van der Waals surface area contributed by atoms with Crippen molar-refractivity contribution in [2.75, 3.05) is 13.2 Å². The van der Waals surface area contributed by atoms with Crippen molar-refractivity contribution >= 4 is 28.8 Å². The average Bonchev–Trinajstić information content (AvgIpc) is 3.40. The number of amides is 1. The summed E-state index contributed by atoms with van der Waals surface area (Å²) in [6.45, 7) is 4.95. The van der Waals surface area contributed by atoms with Crippen molar-refractivity contribution in [3.63, 3.8) is 0 Å². The summed E-state index contributed by atoms with van der Waals surface area (Å²) >= 11 is 7.40. The summed E-state index contributed by atoms with van der Waals surface area (Å²) in [5.74, 6) is 0.365. The number of aromatic nitrogens is 3. The lowest BCUT2D eigenvalue weighted by Gasteiger charge is -2.16. The Labute approximate surface area is 183 Å². The highest BCUT2D eigenvalue weighted by Gasteiger charge is 2.20. The molecule has 1 amide bonds. The Morgan fingerprint density at radius 2 is 2.13 bits per heavy atom. The van der Waals surface area contributed by atoms with Gasteiger partial charge >= 0.3 is 0 Å². The lowest BCUT2D eigenvalue weighted by Crippen LogP contribution is -2.27. The van der Waals surface area contributed by atoms with E-state index >= 15 is 0 Å². The monoisotopic (exact) mass is 444 g/mol. The Hall–Kier alpha value is -2.55. The molecule has 2 atom stereocenters. The molecule has 1 unspecified atom stereocenters. The zero-order valence-corrected chi connectivity index (χ0v) is 18.2. The molecule has 1 saturated heterocycles. The number of ether oxygens (including phenoxy) is 2. The van der Waals surface area contributed by atoms with Crippen molar-refractivity contribution in [1.82, 2.24) is 20.3 Å². The number of hydrogen-bond donors (Lipinski definition) is 1. The molecule has 1 fully saturated rings. The first-order chi connectivity index (χ1) is 14.5. The molecule has 3 aromatic rings. The van der Waals surface area contributed by atoms with Gasteiger partial charge < -0.3 is 14.8 Å². The molecule has 156 valence electrons. The average molecular weight is 445 g/mol. The SMILES string of the molecule is Cc1cnc(C(C)NC(=O)c2cc(O[C@H]3CCOC3)cc(-c3ncc(Cl)s3)c2)cn1. The summed E-state index contributed by atoms with van der Waals surface area (Å²) in [7, 11) is 0. The van der Waals surface area contributed by atoms with Crippen molar-refractivity contribution in [2.45, 2.75) is 32.4 Å². The molecule has 0 radical (unpaired) electrons. The molecule has 0 bridgehead atoms. The standard InChI is InChI=1S/C21H21ClN4O3S/c1-12-8-24-18(9-23-12)13(2)26-20(27)14-5-15(21-25-10-19(22)30-21)7-17(6-14)29-16-3-4-28-11-16/h5-10,13,16H,3-4,11H2,1-2H3,(H,26,27)/t13?,16-/m0/s1. The zero-order valence-electron chi connectivity index (χ0n) is 16.6. The quantitative estimate of drug-likeness (QED) is 0.612. The van der Waals surface area contributed by atoms with Crippen LogP contribution >= 0.6 is 22.9 Å². The Balaban J connectivity index is 1.59. The fourth-order valence-corrected chi connectivity index (χ4v) is 3.99. The molecule has 4 rings (SSSR count). The molecule has 1 N–H and O–H groups in total. The third-order valence-corrected chi connectivity index (χ3v) is 5.84. The van der Waals surface area contributed by atoms with Gasteiger partial charge in [-0.25, -0.2) is 4.98 Å². The third-order valence-electron chi connectivity index (χ3n) is 4.68. The van der Waals surface area contributed by atoms with E-state index < -0.39 is 0 Å². The second-order valence-electron chi connectivity index (χ2n) is 7.10. The van der Waals surface area contributed by atoms with Crippen LogP contribution in [-0.4, -0.2) is 40.2 Å². The number of nitrogens with one attached hydrogen (secondary N) is 1. The van der Waals surface area contributed by atoms with E-state index in [1.807, 2.05) is 19.9 Å². The number of benzene rings is 1. The number of nitrogens with zero attached hydrogens (tertiary/aromatic N) is 3. The zero-order chi connectivity index (χ0) is 21.1. The summed E-state index contributed by atoms with van der Waals surface area (Å²) in [6.07, 6.45) is 5.73. The van der Waals surface area contributed by atoms with Crippen LogP contribution in [0, 0.1) is 6.92 Å². The summed E-state index contributed by atoms with van der Waals surface area (Å²) < 4.78 is 12.0. The van der Waals surface area contributed by atoms with Crippen molar-refractivity contribution in [3.8, 4) is 16.3 Å². The van der Waals surface area contributed by atoms with Crippen LogP contribution in [0.5, 0.6) is 5.75 Å². The first-order valence-electron chi connectivity index (χ1n) is 9.58. The minimum Gasteiger partial charge on any atom is -0.488 e. The van der Waals surface area contributed by atoms with E-state index in [0.717, 1.165) is 22.7 Å². The van der Waals surface area contributed by atoms with Crippen LogP contribution < -0.4 is 10.1 Å². The van der Waals surface area contributed by atoms with Crippen LogP contribution in [-0.2, 0) is 4.74 Å². The van der Waals surface area contributed by atoms with Crippen LogP contribution in [0.15, 0.2) is 36.8 Å². The van der Waals surface area contributed by atoms with E-state index in [9.17, 15) is 4.79 Å². The maximum absolute atomic E-state index is 13.0. The predicted octanol–water partition coefficient (Wildman–Crippen LogP) is 4.22. The minimum absolute atomic E-state index is 0.0298. The maximum Gasteiger partial charge on any atom is 0.251 e. The van der Waals surface area contributed by atoms with E-state index in [1.165, 1.54) is 11.3 Å². The summed E-state index contributed by atoms with van der Waals surface area (Å²) in [4.78, 5) is 25.9. The van der Waals surface area contributed by atoms with Gasteiger partial charge in [0.1, 0.15) is 21.2 Å². The number of halogens is 1. The highest BCUT2D eigenvalue weighted by molar-refractivity contribution is 7.18. The van der Waals surface area contributed by atoms with Gasteiger partial charge in [-0.05, 0) is 32.0 Å². The Morgan fingerprint density at radius 3 is 2.80 bits per heavy atom. The molecule has 1 aliphatic rings. The van der Waals surface area contributed by atoms with Gasteiger partial charge in [0.25, 0.3) is 5.91 Å². The van der Waals surface area contributed by atoms with Gasteiger partial charge in [-0.15, -0.1) is 11.3 Å². The second kappa shape index (κ2) is 9.07. The van der Waals surface area contributed by atoms with Gasteiger partial charge in [0.2, 0.25) is 0 Å². The van der Waals surface area contributed by atoms with Gasteiger partial charge in [0, 0.05) is 23.7 Å². The molecule has 1 aromatic carbocycles. The molecule has 0 spiro atoms. The van der Waals surface area contributed by atoms with Crippen LogP contribution in [0.2, 0.25) is 4.34 Å². The number of carbonyl (C=O) groups excluding carboxylic acids is 1. The topological polar surface area (TPSA) is 86.2 Å². The first-order valence-corrected chi connectivity index (χ1v) is 10.8. The molecule has 2 aromatic heterocycles. The highest BCUT2D eigenvalue weighted by Crippen LogP contribution is 2.32. The van der Waals surface area contributed by atoms with E-state index in [1.54, 1.807) is 30.7 Å². The molecule has 0 aliphatic carbocycles. The summed E-state index contributed by atoms with van der Waals surface area (Å²) in [5.41, 5.74) is 2.76. The lowest BCUT2D eigenvalue weighted by molar-refractivity contribution is 0.0938. The predicted molar refractivity (Wildman–Crippen MR) is 115 cm³/mol. The third kappa shape index (κ3) is 4.95. The normalized spacial score (nSPS) is 17.0. The largest absolute Gasteiger partial charge is 0.488 e. The number of rotatable bonds is 6. The first kappa shape index (κ1) is 20.7. The molecule has 7 nitrogen and oxygen atoms in total. The van der Waals surface area contributed by atoms with Crippen molar-refractivity contribution in [3.05, 3.63) is 58.1 Å². The van der Waals surface area contributed by atoms with Gasteiger partial charge in [-0.3, -0.25) is 14.8 Å². The summed E-state index contributed by atoms with van der Waals surface area (Å²) in [5, 5.41) is 3.69. The second-order valence-corrected chi connectivity index (χ2v) is 8.76. The summed E-state index contributed by atoms with van der Waals surface area (Å²) in [6, 6.07) is 5.10. The molecule has 3 heterocycles. The smallest absolute Gasteiger partial charge is 0.251 e. The molecule has 0 saturated carbocycles. The molecule has 9 heteroatoms. The van der Waals surface area contributed by atoms with E-state index in [-0.39, 0.29) is 18.1 Å². The molecule has 30 heavy (non-hydrogen) atoms. The molecule has 1 aliphatic heterocycles.